The van der Waals surface area contributed by atoms with E-state index in [4.69, 9.17) is 5.73 Å². The van der Waals surface area contributed by atoms with Gasteiger partial charge in [0.15, 0.2) is 5.69 Å². The van der Waals surface area contributed by atoms with Crippen LogP contribution in [0, 0.1) is 0 Å². The highest BCUT2D eigenvalue weighted by atomic mass is 16.2. The third-order valence-electron chi connectivity index (χ3n) is 4.99. The number of benzene rings is 2. The summed E-state index contributed by atoms with van der Waals surface area (Å²) < 4.78 is 0. The van der Waals surface area contributed by atoms with Gasteiger partial charge >= 0.3 is 0 Å². The van der Waals surface area contributed by atoms with Crippen LogP contribution in [0.5, 0.6) is 0 Å². The number of aromatic nitrogens is 2. The third kappa shape index (κ3) is 2.94. The Labute approximate surface area is 151 Å². The van der Waals surface area contributed by atoms with E-state index in [0.717, 1.165) is 28.5 Å². The number of carbonyl (C=O) groups is 2. The second-order valence-electron chi connectivity index (χ2n) is 6.61. The molecule has 1 aromatic heterocycles. The Morgan fingerprint density at radius 3 is 2.73 bits per heavy atom. The van der Waals surface area contributed by atoms with Crippen molar-refractivity contribution < 1.29 is 9.59 Å². The first-order valence-corrected chi connectivity index (χ1v) is 8.74. The standard InChI is InChI=1S/C20H20N4O2/c21-20(26)19-18-15-12-24(11-10-13-4-2-1-3-5-13)17(25)9-7-14(15)6-8-16(18)22-23-19/h1-6,8H,7,9-12H2,(H2,21,26)(H,22,23). The zero-order valence-corrected chi connectivity index (χ0v) is 14.4. The van der Waals surface area contributed by atoms with E-state index in [1.807, 2.05) is 35.2 Å². The number of carbonyl (C=O) groups excluding carboxylic acids is 2. The van der Waals surface area contributed by atoms with Gasteiger partial charge in [-0.25, -0.2) is 0 Å². The van der Waals surface area contributed by atoms with E-state index in [9.17, 15) is 9.59 Å². The van der Waals surface area contributed by atoms with Gasteiger partial charge in [0.2, 0.25) is 5.91 Å². The van der Waals surface area contributed by atoms with Crippen molar-refractivity contribution in [2.24, 2.45) is 5.73 Å². The molecule has 3 N–H and O–H groups in total. The minimum atomic E-state index is -0.559. The molecule has 0 saturated heterocycles. The first kappa shape index (κ1) is 16.3. The lowest BCUT2D eigenvalue weighted by Crippen LogP contribution is -2.31. The van der Waals surface area contributed by atoms with Gasteiger partial charge in [0.05, 0.1) is 5.52 Å². The highest BCUT2D eigenvalue weighted by Crippen LogP contribution is 2.29. The summed E-state index contributed by atoms with van der Waals surface area (Å²) in [7, 11) is 0. The number of nitrogens with one attached hydrogen (secondary N) is 1. The van der Waals surface area contributed by atoms with Gasteiger partial charge in [0, 0.05) is 24.9 Å². The van der Waals surface area contributed by atoms with Crippen LogP contribution in [0.15, 0.2) is 42.5 Å². The topological polar surface area (TPSA) is 92.1 Å². The van der Waals surface area contributed by atoms with Gasteiger partial charge < -0.3 is 10.6 Å². The molecule has 3 aromatic rings. The molecule has 0 unspecified atom stereocenters. The van der Waals surface area contributed by atoms with E-state index in [1.165, 1.54) is 5.56 Å². The summed E-state index contributed by atoms with van der Waals surface area (Å²) in [6.07, 6.45) is 1.93. The monoisotopic (exact) mass is 348 g/mol. The van der Waals surface area contributed by atoms with Gasteiger partial charge in [-0.3, -0.25) is 14.7 Å². The largest absolute Gasteiger partial charge is 0.364 e. The second-order valence-corrected chi connectivity index (χ2v) is 6.61. The molecule has 0 atom stereocenters. The molecule has 4 rings (SSSR count). The number of aryl methyl sites for hydroxylation is 1. The maximum atomic E-state index is 12.6. The third-order valence-corrected chi connectivity index (χ3v) is 4.99. The zero-order chi connectivity index (χ0) is 18.1. The van der Waals surface area contributed by atoms with Crippen LogP contribution in [-0.2, 0) is 24.2 Å². The lowest BCUT2D eigenvalue weighted by molar-refractivity contribution is -0.131. The maximum Gasteiger partial charge on any atom is 0.269 e. The van der Waals surface area contributed by atoms with Crippen molar-refractivity contribution >= 4 is 22.7 Å². The van der Waals surface area contributed by atoms with E-state index in [2.05, 4.69) is 22.3 Å². The molecule has 0 fully saturated rings. The van der Waals surface area contributed by atoms with Crippen LogP contribution in [-0.4, -0.2) is 33.5 Å². The molecule has 1 aliphatic heterocycles. The summed E-state index contributed by atoms with van der Waals surface area (Å²) in [6, 6.07) is 14.0. The van der Waals surface area contributed by atoms with Gasteiger partial charge in [-0.05, 0) is 35.6 Å². The summed E-state index contributed by atoms with van der Waals surface area (Å²) in [5.41, 5.74) is 9.76. The summed E-state index contributed by atoms with van der Waals surface area (Å²) in [5.74, 6) is -0.425. The Kier molecular flexibility index (Phi) is 4.16. The van der Waals surface area contributed by atoms with E-state index in [-0.39, 0.29) is 11.6 Å². The van der Waals surface area contributed by atoms with Crippen molar-refractivity contribution in [3.05, 3.63) is 64.8 Å². The fourth-order valence-corrected chi connectivity index (χ4v) is 3.61. The van der Waals surface area contributed by atoms with E-state index in [0.29, 0.717) is 25.9 Å². The number of H-pyrrole nitrogens is 1. The lowest BCUT2D eigenvalue weighted by atomic mass is 9.98. The Morgan fingerprint density at radius 2 is 1.96 bits per heavy atom. The van der Waals surface area contributed by atoms with Crippen molar-refractivity contribution in [2.75, 3.05) is 6.54 Å². The predicted molar refractivity (Wildman–Crippen MR) is 98.5 cm³/mol. The van der Waals surface area contributed by atoms with Gasteiger partial charge in [0.1, 0.15) is 0 Å². The molecule has 2 amide bonds. The van der Waals surface area contributed by atoms with E-state index < -0.39 is 5.91 Å². The molecular formula is C20H20N4O2. The molecule has 0 saturated carbocycles. The number of amides is 2. The quantitative estimate of drug-likeness (QED) is 0.757. The molecule has 0 radical (unpaired) electrons. The number of hydrogen-bond acceptors (Lipinski definition) is 3. The Bertz CT molecular complexity index is 978. The first-order chi connectivity index (χ1) is 12.6. The van der Waals surface area contributed by atoms with Gasteiger partial charge in [-0.15, -0.1) is 0 Å². The Balaban J connectivity index is 1.68. The smallest absolute Gasteiger partial charge is 0.269 e. The number of primary amides is 1. The van der Waals surface area contributed by atoms with Crippen LogP contribution in [0.25, 0.3) is 10.9 Å². The minimum absolute atomic E-state index is 0.134. The van der Waals surface area contributed by atoms with Crippen molar-refractivity contribution in [2.45, 2.75) is 25.8 Å². The van der Waals surface area contributed by atoms with Gasteiger partial charge in [-0.1, -0.05) is 36.4 Å². The molecule has 1 aliphatic rings. The van der Waals surface area contributed by atoms with Gasteiger partial charge in [0.25, 0.3) is 5.91 Å². The summed E-state index contributed by atoms with van der Waals surface area (Å²) in [6.45, 7) is 1.11. The number of aromatic amines is 1. The van der Waals surface area contributed by atoms with E-state index in [1.54, 1.807) is 0 Å². The summed E-state index contributed by atoms with van der Waals surface area (Å²) in [4.78, 5) is 26.2. The van der Waals surface area contributed by atoms with Crippen LogP contribution in [0.2, 0.25) is 0 Å². The number of rotatable bonds is 4. The number of hydrogen-bond donors (Lipinski definition) is 2. The van der Waals surface area contributed by atoms with Crippen LogP contribution in [0.4, 0.5) is 0 Å². The van der Waals surface area contributed by atoms with Crippen LogP contribution in [0.1, 0.15) is 33.6 Å². The van der Waals surface area contributed by atoms with Crippen LogP contribution in [0.3, 0.4) is 0 Å². The summed E-state index contributed by atoms with van der Waals surface area (Å²) >= 11 is 0. The molecule has 0 bridgehead atoms. The average Bonchev–Trinajstić information content (AvgIpc) is 3.02. The number of fused-ring (bicyclic) bond motifs is 3. The highest BCUT2D eigenvalue weighted by Gasteiger charge is 2.25. The van der Waals surface area contributed by atoms with E-state index >= 15 is 0 Å². The minimum Gasteiger partial charge on any atom is -0.364 e. The molecule has 6 nitrogen and oxygen atoms in total. The van der Waals surface area contributed by atoms with Gasteiger partial charge in [-0.2, -0.15) is 5.10 Å². The summed E-state index contributed by atoms with van der Waals surface area (Å²) in [5, 5.41) is 7.68. The maximum absolute atomic E-state index is 12.6. The number of nitrogens with zero attached hydrogens (tertiary/aromatic N) is 2. The highest BCUT2D eigenvalue weighted by molar-refractivity contribution is 6.05. The Hall–Kier alpha value is -3.15. The first-order valence-electron chi connectivity index (χ1n) is 8.74. The number of nitrogens with two attached hydrogens (primary N) is 1. The fraction of sp³-hybridized carbons (Fsp3) is 0.250. The normalized spacial score (nSPS) is 14.3. The molecule has 6 heteroatoms. The zero-order valence-electron chi connectivity index (χ0n) is 14.4. The molecule has 2 aromatic carbocycles. The van der Waals surface area contributed by atoms with Crippen molar-refractivity contribution in [3.8, 4) is 0 Å². The fourth-order valence-electron chi connectivity index (χ4n) is 3.61. The van der Waals surface area contributed by atoms with Crippen molar-refractivity contribution in [1.82, 2.24) is 15.1 Å². The Morgan fingerprint density at radius 1 is 1.15 bits per heavy atom. The lowest BCUT2D eigenvalue weighted by Gasteiger charge is -2.21. The molecule has 2 heterocycles. The second kappa shape index (κ2) is 6.63. The van der Waals surface area contributed by atoms with Crippen LogP contribution < -0.4 is 5.73 Å². The molecule has 0 spiro atoms. The SMILES string of the molecule is NC(=O)c1n[nH]c2ccc3c(c12)CN(CCc1ccccc1)C(=O)CC3. The molecule has 0 aliphatic carbocycles. The average molecular weight is 348 g/mol. The molecular weight excluding hydrogens is 328 g/mol. The van der Waals surface area contributed by atoms with Crippen molar-refractivity contribution in [3.63, 3.8) is 0 Å². The molecule has 132 valence electrons. The van der Waals surface area contributed by atoms with Crippen LogP contribution >= 0.6 is 0 Å². The predicted octanol–water partition coefficient (Wildman–Crippen LogP) is 2.18. The molecule has 26 heavy (non-hydrogen) atoms. The van der Waals surface area contributed by atoms with Crippen molar-refractivity contribution in [1.29, 1.82) is 0 Å².